The van der Waals surface area contributed by atoms with Gasteiger partial charge in [0, 0.05) is 30.4 Å². The average molecular weight is 316 g/mol. The van der Waals surface area contributed by atoms with Gasteiger partial charge in [-0.25, -0.2) is 0 Å². The van der Waals surface area contributed by atoms with Gasteiger partial charge >= 0.3 is 0 Å². The maximum atomic E-state index is 12.9. The monoisotopic (exact) mass is 316 g/mol. The number of rotatable bonds is 3. The lowest BCUT2D eigenvalue weighted by atomic mass is 10.0. The summed E-state index contributed by atoms with van der Waals surface area (Å²) < 4.78 is 7.08. The fourth-order valence-corrected chi connectivity index (χ4v) is 3.64. The summed E-state index contributed by atoms with van der Waals surface area (Å²) in [6, 6.07) is 0.136. The Bertz CT molecular complexity index is 725. The van der Waals surface area contributed by atoms with Crippen LogP contribution in [0.1, 0.15) is 52.9 Å². The van der Waals surface area contributed by atoms with Crippen LogP contribution in [0.3, 0.4) is 0 Å². The van der Waals surface area contributed by atoms with Gasteiger partial charge < -0.3 is 9.42 Å². The van der Waals surface area contributed by atoms with E-state index in [-0.39, 0.29) is 11.9 Å². The van der Waals surface area contributed by atoms with Gasteiger partial charge in [-0.05, 0) is 40.5 Å². The first-order valence-corrected chi connectivity index (χ1v) is 8.11. The summed E-state index contributed by atoms with van der Waals surface area (Å²) in [6.07, 6.45) is 2.39. The molecule has 1 aliphatic heterocycles. The second-order valence-electron chi connectivity index (χ2n) is 6.43. The Hall–Kier alpha value is -2.11. The summed E-state index contributed by atoms with van der Waals surface area (Å²) >= 11 is 0. The minimum absolute atomic E-state index is 0.136. The van der Waals surface area contributed by atoms with Crippen molar-refractivity contribution in [1.29, 1.82) is 0 Å². The lowest BCUT2D eigenvalue weighted by Gasteiger charge is -2.25. The van der Waals surface area contributed by atoms with Crippen LogP contribution in [-0.2, 0) is 18.3 Å². The first kappa shape index (κ1) is 15.8. The predicted octanol–water partition coefficient (Wildman–Crippen LogP) is 2.55. The van der Waals surface area contributed by atoms with Crippen LogP contribution in [-0.4, -0.2) is 32.3 Å². The molecule has 1 fully saturated rings. The summed E-state index contributed by atoms with van der Waals surface area (Å²) in [5.74, 6) is 0.880. The van der Waals surface area contributed by atoms with E-state index in [4.69, 9.17) is 4.52 Å². The Labute approximate surface area is 136 Å². The van der Waals surface area contributed by atoms with Crippen LogP contribution in [0.15, 0.2) is 4.52 Å². The van der Waals surface area contributed by atoms with E-state index in [1.54, 1.807) is 0 Å². The molecule has 0 N–H and O–H groups in total. The molecule has 6 heteroatoms. The number of amides is 1. The SMILES string of the molecule is Cc1noc(C)c1CC(=O)N1CCCC1c1c(C)nn(C)c1C. The van der Waals surface area contributed by atoms with E-state index in [0.717, 1.165) is 47.8 Å². The molecule has 1 aliphatic rings. The van der Waals surface area contributed by atoms with E-state index < -0.39 is 0 Å². The van der Waals surface area contributed by atoms with Gasteiger partial charge in [0.05, 0.1) is 23.9 Å². The maximum absolute atomic E-state index is 12.9. The number of hydrogen-bond donors (Lipinski definition) is 0. The molecule has 23 heavy (non-hydrogen) atoms. The Balaban J connectivity index is 1.85. The van der Waals surface area contributed by atoms with E-state index in [1.165, 1.54) is 5.56 Å². The molecule has 2 aromatic rings. The molecule has 0 aliphatic carbocycles. The van der Waals surface area contributed by atoms with Crippen LogP contribution in [0.5, 0.6) is 0 Å². The molecule has 1 saturated heterocycles. The average Bonchev–Trinajstić information content (AvgIpc) is 3.15. The van der Waals surface area contributed by atoms with Crippen LogP contribution in [0.4, 0.5) is 0 Å². The molecule has 1 unspecified atom stereocenters. The first-order valence-electron chi connectivity index (χ1n) is 8.11. The third-order valence-electron chi connectivity index (χ3n) is 4.98. The van der Waals surface area contributed by atoms with Gasteiger partial charge in [-0.1, -0.05) is 5.16 Å². The van der Waals surface area contributed by atoms with Crippen molar-refractivity contribution in [1.82, 2.24) is 19.8 Å². The summed E-state index contributed by atoms with van der Waals surface area (Å²) in [5, 5.41) is 8.45. The number of likely N-dealkylation sites (tertiary alicyclic amines) is 1. The smallest absolute Gasteiger partial charge is 0.227 e. The standard InChI is InChI=1S/C17H24N4O2/c1-10-14(13(4)23-19-10)9-16(22)21-8-6-7-15(21)17-11(2)18-20(5)12(17)3/h15H,6-9H2,1-5H3. The van der Waals surface area contributed by atoms with Crippen LogP contribution in [0, 0.1) is 27.7 Å². The Morgan fingerprint density at radius 3 is 2.57 bits per heavy atom. The highest BCUT2D eigenvalue weighted by atomic mass is 16.5. The van der Waals surface area contributed by atoms with Crippen LogP contribution in [0.2, 0.25) is 0 Å². The quantitative estimate of drug-likeness (QED) is 0.873. The topological polar surface area (TPSA) is 64.2 Å². The van der Waals surface area contributed by atoms with E-state index in [2.05, 4.69) is 17.2 Å². The van der Waals surface area contributed by atoms with Crippen molar-refractivity contribution in [2.75, 3.05) is 6.54 Å². The minimum atomic E-state index is 0.136. The van der Waals surface area contributed by atoms with Crippen LogP contribution in [0.25, 0.3) is 0 Å². The highest BCUT2D eigenvalue weighted by molar-refractivity contribution is 5.80. The largest absolute Gasteiger partial charge is 0.361 e. The highest BCUT2D eigenvalue weighted by Gasteiger charge is 2.33. The predicted molar refractivity (Wildman–Crippen MR) is 86.1 cm³/mol. The molecule has 1 atom stereocenters. The number of aryl methyl sites for hydroxylation is 4. The van der Waals surface area contributed by atoms with Gasteiger partial charge in [-0.2, -0.15) is 5.10 Å². The molecular formula is C17H24N4O2. The fourth-order valence-electron chi connectivity index (χ4n) is 3.64. The molecule has 0 bridgehead atoms. The first-order chi connectivity index (χ1) is 10.9. The molecule has 1 amide bonds. The number of carbonyl (C=O) groups is 1. The zero-order chi connectivity index (χ0) is 16.7. The van der Waals surface area contributed by atoms with Gasteiger partial charge in [0.2, 0.25) is 5.91 Å². The molecule has 0 aromatic carbocycles. The second kappa shape index (κ2) is 5.83. The van der Waals surface area contributed by atoms with Crippen molar-refractivity contribution in [3.05, 3.63) is 34.0 Å². The summed E-state index contributed by atoms with van der Waals surface area (Å²) in [4.78, 5) is 14.9. The lowest BCUT2D eigenvalue weighted by Crippen LogP contribution is -2.32. The fraction of sp³-hybridized carbons (Fsp3) is 0.588. The van der Waals surface area contributed by atoms with Gasteiger partial charge in [0.25, 0.3) is 0 Å². The minimum Gasteiger partial charge on any atom is -0.361 e. The molecule has 0 radical (unpaired) electrons. The van der Waals surface area contributed by atoms with E-state index in [9.17, 15) is 4.79 Å². The van der Waals surface area contributed by atoms with Crippen molar-refractivity contribution in [2.45, 2.75) is 53.0 Å². The number of carbonyl (C=O) groups excluding carboxylic acids is 1. The lowest BCUT2D eigenvalue weighted by molar-refractivity contribution is -0.131. The van der Waals surface area contributed by atoms with Gasteiger partial charge in [-0.15, -0.1) is 0 Å². The number of nitrogens with zero attached hydrogens (tertiary/aromatic N) is 4. The Morgan fingerprint density at radius 1 is 1.26 bits per heavy atom. The summed E-state index contributed by atoms with van der Waals surface area (Å²) in [5.41, 5.74) is 5.09. The zero-order valence-corrected chi connectivity index (χ0v) is 14.5. The Morgan fingerprint density at radius 2 is 2.00 bits per heavy atom. The van der Waals surface area contributed by atoms with Crippen molar-refractivity contribution in [3.63, 3.8) is 0 Å². The second-order valence-corrected chi connectivity index (χ2v) is 6.43. The van der Waals surface area contributed by atoms with Gasteiger partial charge in [-0.3, -0.25) is 9.48 Å². The van der Waals surface area contributed by atoms with Gasteiger partial charge in [0.1, 0.15) is 5.76 Å². The van der Waals surface area contributed by atoms with Crippen LogP contribution >= 0.6 is 0 Å². The van der Waals surface area contributed by atoms with Crippen molar-refractivity contribution in [3.8, 4) is 0 Å². The van der Waals surface area contributed by atoms with E-state index in [1.807, 2.05) is 37.4 Å². The third kappa shape index (κ3) is 2.66. The van der Waals surface area contributed by atoms with Crippen molar-refractivity contribution < 1.29 is 9.32 Å². The van der Waals surface area contributed by atoms with Crippen molar-refractivity contribution in [2.24, 2.45) is 7.05 Å². The molecular weight excluding hydrogens is 292 g/mol. The summed E-state index contributed by atoms with van der Waals surface area (Å²) in [7, 11) is 1.96. The molecule has 2 aromatic heterocycles. The molecule has 124 valence electrons. The molecule has 0 spiro atoms. The number of aromatic nitrogens is 3. The van der Waals surface area contributed by atoms with Crippen LogP contribution < -0.4 is 0 Å². The molecule has 3 heterocycles. The van der Waals surface area contributed by atoms with Crippen molar-refractivity contribution >= 4 is 5.91 Å². The molecule has 0 saturated carbocycles. The third-order valence-corrected chi connectivity index (χ3v) is 4.98. The normalized spacial score (nSPS) is 18.0. The van der Waals surface area contributed by atoms with E-state index >= 15 is 0 Å². The molecule has 3 rings (SSSR count). The number of hydrogen-bond acceptors (Lipinski definition) is 4. The summed E-state index contributed by atoms with van der Waals surface area (Å²) in [6.45, 7) is 8.65. The maximum Gasteiger partial charge on any atom is 0.227 e. The van der Waals surface area contributed by atoms with E-state index in [0.29, 0.717) is 6.42 Å². The Kier molecular flexibility index (Phi) is 4.00. The van der Waals surface area contributed by atoms with Gasteiger partial charge in [0.15, 0.2) is 0 Å². The zero-order valence-electron chi connectivity index (χ0n) is 14.5. The highest BCUT2D eigenvalue weighted by Crippen LogP contribution is 2.36. The molecule has 6 nitrogen and oxygen atoms in total.